The minimum absolute atomic E-state index is 0.513. The number of ether oxygens (including phenoxy) is 1. The van der Waals surface area contributed by atoms with Gasteiger partial charge in [-0.1, -0.05) is 36.4 Å². The number of imidazole rings is 1. The number of hydrogen-bond donors (Lipinski definition) is 1. The van der Waals surface area contributed by atoms with Gasteiger partial charge in [0.05, 0.1) is 23.8 Å². The van der Waals surface area contributed by atoms with E-state index in [4.69, 9.17) is 4.74 Å². The van der Waals surface area contributed by atoms with Crippen molar-refractivity contribution in [1.82, 2.24) is 19.7 Å². The first-order valence-corrected chi connectivity index (χ1v) is 9.76. The summed E-state index contributed by atoms with van der Waals surface area (Å²) in [4.78, 5) is 4.64. The number of rotatable bonds is 4. The lowest BCUT2D eigenvalue weighted by Crippen LogP contribution is -2.00. The second-order valence-corrected chi connectivity index (χ2v) is 7.29. The van der Waals surface area contributed by atoms with Crippen LogP contribution in [0.5, 0.6) is 5.88 Å². The van der Waals surface area contributed by atoms with Gasteiger partial charge in [0.2, 0.25) is 5.88 Å². The van der Waals surface area contributed by atoms with Gasteiger partial charge in [-0.3, -0.25) is 4.57 Å². The van der Waals surface area contributed by atoms with Gasteiger partial charge in [-0.2, -0.15) is 0 Å². The van der Waals surface area contributed by atoms with Crippen LogP contribution in [0.1, 0.15) is 11.1 Å². The van der Waals surface area contributed by atoms with E-state index in [-0.39, 0.29) is 0 Å². The molecule has 0 atom stereocenters. The lowest BCUT2D eigenvalue weighted by Gasteiger charge is -2.12. The van der Waals surface area contributed by atoms with Gasteiger partial charge in [-0.25, -0.2) is 4.98 Å². The summed E-state index contributed by atoms with van der Waals surface area (Å²) in [5, 5.41) is 13.8. The van der Waals surface area contributed by atoms with Crippen LogP contribution in [0.3, 0.4) is 0 Å². The van der Waals surface area contributed by atoms with Gasteiger partial charge in [0, 0.05) is 16.5 Å². The van der Waals surface area contributed by atoms with E-state index in [1.54, 1.807) is 7.11 Å². The Morgan fingerprint density at radius 2 is 1.63 bits per heavy atom. The number of hydrogen-bond acceptors (Lipinski definition) is 5. The third-order valence-electron chi connectivity index (χ3n) is 5.34. The molecule has 0 unspecified atom stereocenters. The fourth-order valence-electron chi connectivity index (χ4n) is 3.91. The molecule has 0 saturated carbocycles. The number of nitrogens with zero attached hydrogens (tertiary/aromatic N) is 4. The zero-order chi connectivity index (χ0) is 20.7. The molecular formula is C24H21N5O. The summed E-state index contributed by atoms with van der Waals surface area (Å²) in [7, 11) is 1.60. The fourth-order valence-corrected chi connectivity index (χ4v) is 3.91. The van der Waals surface area contributed by atoms with E-state index in [1.807, 2.05) is 42.7 Å². The molecular weight excluding hydrogens is 374 g/mol. The molecule has 5 rings (SSSR count). The molecule has 1 N–H and O–H groups in total. The molecule has 6 heteroatoms. The number of benzene rings is 3. The Hall–Kier alpha value is -3.93. The van der Waals surface area contributed by atoms with Gasteiger partial charge in [0.25, 0.3) is 0 Å². The fraction of sp³-hybridized carbons (Fsp3) is 0.125. The maximum atomic E-state index is 5.34. The molecule has 2 aromatic heterocycles. The predicted octanol–water partition coefficient (Wildman–Crippen LogP) is 5.34. The van der Waals surface area contributed by atoms with Crippen LogP contribution in [0.15, 0.2) is 67.0 Å². The van der Waals surface area contributed by atoms with Crippen molar-refractivity contribution in [3.05, 3.63) is 78.1 Å². The normalized spacial score (nSPS) is 11.2. The molecule has 0 radical (unpaired) electrons. The number of aryl methyl sites for hydroxylation is 2. The maximum absolute atomic E-state index is 5.34. The van der Waals surface area contributed by atoms with E-state index in [1.165, 1.54) is 16.8 Å². The average Bonchev–Trinajstić information content (AvgIpc) is 3.17. The zero-order valence-corrected chi connectivity index (χ0v) is 17.0. The Morgan fingerprint density at radius 3 is 2.40 bits per heavy atom. The monoisotopic (exact) mass is 395 g/mol. The van der Waals surface area contributed by atoms with E-state index < -0.39 is 0 Å². The van der Waals surface area contributed by atoms with Crippen molar-refractivity contribution in [3.8, 4) is 11.6 Å². The molecule has 0 bridgehead atoms. The van der Waals surface area contributed by atoms with Gasteiger partial charge < -0.3 is 10.1 Å². The van der Waals surface area contributed by atoms with Crippen molar-refractivity contribution in [2.45, 2.75) is 13.8 Å². The quantitative estimate of drug-likeness (QED) is 0.445. The Labute approximate surface area is 174 Å². The second kappa shape index (κ2) is 7.15. The van der Waals surface area contributed by atoms with Gasteiger partial charge in [-0.15, -0.1) is 10.2 Å². The number of para-hydroxylation sites is 1. The first-order chi connectivity index (χ1) is 14.7. The summed E-state index contributed by atoms with van der Waals surface area (Å²) >= 11 is 0. The predicted molar refractivity (Wildman–Crippen MR) is 120 cm³/mol. The van der Waals surface area contributed by atoms with E-state index in [0.29, 0.717) is 11.7 Å². The molecule has 148 valence electrons. The van der Waals surface area contributed by atoms with E-state index in [2.05, 4.69) is 63.2 Å². The van der Waals surface area contributed by atoms with Crippen LogP contribution in [-0.4, -0.2) is 26.9 Å². The highest BCUT2D eigenvalue weighted by molar-refractivity contribution is 5.96. The number of aromatic nitrogens is 4. The van der Waals surface area contributed by atoms with Gasteiger partial charge in [0.1, 0.15) is 6.33 Å². The van der Waals surface area contributed by atoms with Crippen molar-refractivity contribution in [2.75, 3.05) is 12.4 Å². The number of fused-ring (bicyclic) bond motifs is 2. The van der Waals surface area contributed by atoms with Crippen LogP contribution >= 0.6 is 0 Å². The summed E-state index contributed by atoms with van der Waals surface area (Å²) in [6, 6.07) is 20.4. The molecule has 0 aliphatic heterocycles. The molecule has 3 aromatic carbocycles. The summed E-state index contributed by atoms with van der Waals surface area (Å²) in [5.41, 5.74) is 6.48. The topological polar surface area (TPSA) is 64.9 Å². The van der Waals surface area contributed by atoms with Gasteiger partial charge in [-0.05, 0) is 49.2 Å². The Kier molecular flexibility index (Phi) is 4.32. The molecule has 6 nitrogen and oxygen atoms in total. The van der Waals surface area contributed by atoms with Gasteiger partial charge in [0.15, 0.2) is 5.82 Å². The van der Waals surface area contributed by atoms with Crippen LogP contribution in [-0.2, 0) is 0 Å². The van der Waals surface area contributed by atoms with E-state index in [0.717, 1.165) is 27.5 Å². The van der Waals surface area contributed by atoms with Crippen LogP contribution in [0.25, 0.3) is 27.5 Å². The van der Waals surface area contributed by atoms with Crippen LogP contribution < -0.4 is 10.1 Å². The summed E-state index contributed by atoms with van der Waals surface area (Å²) in [5.74, 6) is 1.19. The third-order valence-corrected chi connectivity index (χ3v) is 5.34. The van der Waals surface area contributed by atoms with Crippen molar-refractivity contribution < 1.29 is 4.74 Å². The molecule has 0 amide bonds. The lowest BCUT2D eigenvalue weighted by atomic mass is 10.1. The Balaban J connectivity index is 1.56. The van der Waals surface area contributed by atoms with Crippen molar-refractivity contribution in [1.29, 1.82) is 0 Å². The molecule has 5 aromatic rings. The smallest absolute Gasteiger partial charge is 0.241 e. The van der Waals surface area contributed by atoms with Crippen LogP contribution in [0.4, 0.5) is 11.5 Å². The van der Waals surface area contributed by atoms with Crippen LogP contribution in [0.2, 0.25) is 0 Å². The highest BCUT2D eigenvalue weighted by Crippen LogP contribution is 2.30. The lowest BCUT2D eigenvalue weighted by molar-refractivity contribution is 0.398. The number of anilines is 2. The standard InChI is InChI=1S/C24H21N5O/c1-15-7-6-8-16(2)22(15)29-14-25-20-13-17(11-12-21(20)29)26-23-18-9-4-5-10-19(18)24(30-3)28-27-23/h4-14H,1-3H3,(H,26,27). The second-order valence-electron chi connectivity index (χ2n) is 7.29. The number of nitrogens with one attached hydrogen (secondary N) is 1. The summed E-state index contributed by atoms with van der Waals surface area (Å²) in [6.45, 7) is 4.25. The molecule has 0 aliphatic rings. The molecule has 2 heterocycles. The SMILES string of the molecule is COc1nnc(Nc2ccc3c(c2)ncn3-c2c(C)cccc2C)c2ccccc12. The Morgan fingerprint density at radius 1 is 0.867 bits per heavy atom. The largest absolute Gasteiger partial charge is 0.479 e. The molecule has 0 saturated heterocycles. The third kappa shape index (κ3) is 2.93. The Bertz CT molecular complexity index is 1370. The maximum Gasteiger partial charge on any atom is 0.241 e. The summed E-state index contributed by atoms with van der Waals surface area (Å²) < 4.78 is 7.49. The van der Waals surface area contributed by atoms with E-state index in [9.17, 15) is 0 Å². The van der Waals surface area contributed by atoms with Crippen molar-refractivity contribution >= 4 is 33.3 Å². The molecule has 30 heavy (non-hydrogen) atoms. The highest BCUT2D eigenvalue weighted by atomic mass is 16.5. The molecule has 0 aliphatic carbocycles. The first-order valence-electron chi connectivity index (χ1n) is 9.76. The zero-order valence-electron chi connectivity index (χ0n) is 17.0. The van der Waals surface area contributed by atoms with Crippen molar-refractivity contribution in [3.63, 3.8) is 0 Å². The molecule has 0 fully saturated rings. The van der Waals surface area contributed by atoms with Crippen molar-refractivity contribution in [2.24, 2.45) is 0 Å². The van der Waals surface area contributed by atoms with Crippen LogP contribution in [0, 0.1) is 13.8 Å². The minimum Gasteiger partial charge on any atom is -0.479 e. The van der Waals surface area contributed by atoms with Gasteiger partial charge >= 0.3 is 0 Å². The molecule has 0 spiro atoms. The summed E-state index contributed by atoms with van der Waals surface area (Å²) in [6.07, 6.45) is 1.88. The van der Waals surface area contributed by atoms with E-state index >= 15 is 0 Å². The average molecular weight is 395 g/mol. The first kappa shape index (κ1) is 18.1. The number of methoxy groups -OCH3 is 1. The minimum atomic E-state index is 0.513. The highest BCUT2D eigenvalue weighted by Gasteiger charge is 2.12.